The number of benzene rings is 1. The first-order valence-electron chi connectivity index (χ1n) is 10.8. The molecule has 166 valence electrons. The molecule has 2 fully saturated rings. The van der Waals surface area contributed by atoms with Crippen molar-refractivity contribution in [3.05, 3.63) is 33.8 Å². The molecule has 0 aliphatic carbocycles. The molecule has 0 aromatic heterocycles. The molecule has 0 unspecified atom stereocenters. The number of nitrogens with two attached hydrogens (primary N) is 1. The van der Waals surface area contributed by atoms with E-state index in [1.54, 1.807) is 0 Å². The molecule has 1 amide bonds. The molecule has 1 aromatic carbocycles. The molecule has 2 saturated heterocycles. The summed E-state index contributed by atoms with van der Waals surface area (Å²) < 4.78 is 0. The highest BCUT2D eigenvalue weighted by molar-refractivity contribution is 6.42. The zero-order valence-corrected chi connectivity index (χ0v) is 19.2. The lowest BCUT2D eigenvalue weighted by molar-refractivity contribution is -0.136. The van der Waals surface area contributed by atoms with Gasteiger partial charge in [0.25, 0.3) is 0 Å². The van der Waals surface area contributed by atoms with Gasteiger partial charge in [0.05, 0.1) is 15.8 Å². The van der Waals surface area contributed by atoms with Crippen LogP contribution in [0.4, 0.5) is 0 Å². The maximum absolute atomic E-state index is 12.2. The van der Waals surface area contributed by atoms with Crippen molar-refractivity contribution in [2.24, 2.45) is 10.9 Å². The van der Waals surface area contributed by atoms with Gasteiger partial charge in [0.2, 0.25) is 5.91 Å². The first-order valence-corrected chi connectivity index (χ1v) is 11.6. The van der Waals surface area contributed by atoms with Crippen LogP contribution in [0.25, 0.3) is 0 Å². The Hall–Kier alpha value is -1.34. The van der Waals surface area contributed by atoms with Crippen molar-refractivity contribution < 1.29 is 9.63 Å². The summed E-state index contributed by atoms with van der Waals surface area (Å²) in [7, 11) is 1.54. The summed E-state index contributed by atoms with van der Waals surface area (Å²) >= 11 is 12.4. The number of carbonyl (C=O) groups is 1. The highest BCUT2D eigenvalue weighted by atomic mass is 35.5. The molecule has 2 aliphatic heterocycles. The molecule has 0 saturated carbocycles. The van der Waals surface area contributed by atoms with Gasteiger partial charge < -0.3 is 20.4 Å². The lowest BCUT2D eigenvalue weighted by Gasteiger charge is -2.40. The van der Waals surface area contributed by atoms with Crippen molar-refractivity contribution in [1.29, 1.82) is 0 Å². The molecule has 2 N–H and O–H groups in total. The molecule has 0 bridgehead atoms. The van der Waals surface area contributed by atoms with Crippen LogP contribution in [0.5, 0.6) is 0 Å². The van der Waals surface area contributed by atoms with Gasteiger partial charge in [-0.15, -0.1) is 0 Å². The van der Waals surface area contributed by atoms with Gasteiger partial charge in [-0.25, -0.2) is 0 Å². The standard InChI is InChI=1S/C22H32Cl2N4O2/c1-30-26-21(15-25)18(16-5-6-19(23)20(24)14-16)9-13-27-11-7-17(8-12-27)28-10-3-2-4-22(28)29/h5-6,14,17-18H,2-4,7-13,15,25H2,1H3/b26-21+/t18-/m1/s1. The second-order valence-electron chi connectivity index (χ2n) is 8.10. The maximum Gasteiger partial charge on any atom is 0.222 e. The van der Waals surface area contributed by atoms with E-state index in [2.05, 4.69) is 15.0 Å². The van der Waals surface area contributed by atoms with Crippen LogP contribution in [0.3, 0.4) is 0 Å². The Kier molecular flexibility index (Phi) is 8.81. The molecule has 8 heteroatoms. The molecule has 0 radical (unpaired) electrons. The number of halogens is 2. The summed E-state index contributed by atoms with van der Waals surface area (Å²) in [5.74, 6) is 0.355. The van der Waals surface area contributed by atoms with Crippen LogP contribution >= 0.6 is 23.2 Å². The number of nitrogens with zero attached hydrogens (tertiary/aromatic N) is 3. The molecule has 0 spiro atoms. The number of carbonyl (C=O) groups excluding carboxylic acids is 1. The summed E-state index contributed by atoms with van der Waals surface area (Å²) in [5, 5.41) is 5.23. The van der Waals surface area contributed by atoms with Crippen LogP contribution in [0.15, 0.2) is 23.4 Å². The zero-order valence-electron chi connectivity index (χ0n) is 17.7. The van der Waals surface area contributed by atoms with Crippen LogP contribution < -0.4 is 5.73 Å². The summed E-state index contributed by atoms with van der Waals surface area (Å²) in [6.07, 6.45) is 5.84. The van der Waals surface area contributed by atoms with Crippen molar-refractivity contribution in [1.82, 2.24) is 9.80 Å². The zero-order chi connectivity index (χ0) is 21.5. The number of likely N-dealkylation sites (tertiary alicyclic amines) is 2. The third-order valence-electron chi connectivity index (χ3n) is 6.26. The second-order valence-corrected chi connectivity index (χ2v) is 8.92. The van der Waals surface area contributed by atoms with Gasteiger partial charge in [-0.05, 0) is 56.3 Å². The average Bonchev–Trinajstić information content (AvgIpc) is 2.76. The van der Waals surface area contributed by atoms with E-state index in [0.29, 0.717) is 35.0 Å². The minimum absolute atomic E-state index is 0.0195. The molecule has 1 atom stereocenters. The quantitative estimate of drug-likeness (QED) is 0.477. The van der Waals surface area contributed by atoms with Gasteiger partial charge in [-0.1, -0.05) is 34.4 Å². The predicted molar refractivity (Wildman–Crippen MR) is 122 cm³/mol. The predicted octanol–water partition coefficient (Wildman–Crippen LogP) is 3.91. The average molecular weight is 455 g/mol. The molecule has 2 heterocycles. The van der Waals surface area contributed by atoms with Gasteiger partial charge in [0, 0.05) is 44.6 Å². The Bertz CT molecular complexity index is 751. The first-order chi connectivity index (χ1) is 14.5. The van der Waals surface area contributed by atoms with Crippen LogP contribution in [0.1, 0.15) is 50.0 Å². The van der Waals surface area contributed by atoms with E-state index in [-0.39, 0.29) is 5.92 Å². The number of amides is 1. The molecule has 30 heavy (non-hydrogen) atoms. The van der Waals surface area contributed by atoms with E-state index in [1.807, 2.05) is 18.2 Å². The fourth-order valence-electron chi connectivity index (χ4n) is 4.59. The summed E-state index contributed by atoms with van der Waals surface area (Å²) in [4.78, 5) is 21.8. The number of oxime groups is 1. The second kappa shape index (κ2) is 11.3. The van der Waals surface area contributed by atoms with Gasteiger partial charge in [0.1, 0.15) is 7.11 Å². The summed E-state index contributed by atoms with van der Waals surface area (Å²) in [6, 6.07) is 6.08. The first kappa shape index (κ1) is 23.3. The SMILES string of the molecule is CO/N=C(\CN)[C@H](CCN1CCC(N2CCCCC2=O)CC1)c1ccc(Cl)c(Cl)c1. The lowest BCUT2D eigenvalue weighted by Crippen LogP contribution is -2.49. The fourth-order valence-corrected chi connectivity index (χ4v) is 4.90. The van der Waals surface area contributed by atoms with E-state index in [9.17, 15) is 4.79 Å². The molecular weight excluding hydrogens is 423 g/mol. The third-order valence-corrected chi connectivity index (χ3v) is 7.00. The number of hydrogen-bond acceptors (Lipinski definition) is 5. The van der Waals surface area contributed by atoms with E-state index in [4.69, 9.17) is 33.8 Å². The van der Waals surface area contributed by atoms with E-state index in [1.165, 1.54) is 7.11 Å². The van der Waals surface area contributed by atoms with Crippen molar-refractivity contribution >= 4 is 34.8 Å². The minimum atomic E-state index is 0.0195. The maximum atomic E-state index is 12.2. The Balaban J connectivity index is 1.61. The Morgan fingerprint density at radius 3 is 2.63 bits per heavy atom. The summed E-state index contributed by atoms with van der Waals surface area (Å²) in [5.41, 5.74) is 7.80. The van der Waals surface area contributed by atoms with Gasteiger partial charge in [0.15, 0.2) is 0 Å². The largest absolute Gasteiger partial charge is 0.399 e. The van der Waals surface area contributed by atoms with E-state index in [0.717, 1.165) is 69.6 Å². The molecule has 1 aromatic rings. The molecule has 2 aliphatic rings. The van der Waals surface area contributed by atoms with Crippen molar-refractivity contribution in [2.75, 3.05) is 39.8 Å². The number of hydrogen-bond donors (Lipinski definition) is 1. The molecule has 3 rings (SSSR count). The molecular formula is C22H32Cl2N4O2. The van der Waals surface area contributed by atoms with Crippen molar-refractivity contribution in [2.45, 2.75) is 50.5 Å². The Morgan fingerprint density at radius 1 is 1.23 bits per heavy atom. The van der Waals surface area contributed by atoms with Crippen LogP contribution in [-0.4, -0.2) is 67.3 Å². The highest BCUT2D eigenvalue weighted by Gasteiger charge is 2.30. The highest BCUT2D eigenvalue weighted by Crippen LogP contribution is 2.30. The normalized spacial score (nSPS) is 20.5. The fraction of sp³-hybridized carbons (Fsp3) is 0.636. The Morgan fingerprint density at radius 2 is 2.00 bits per heavy atom. The van der Waals surface area contributed by atoms with E-state index >= 15 is 0 Å². The minimum Gasteiger partial charge on any atom is -0.399 e. The van der Waals surface area contributed by atoms with Gasteiger partial charge in [-0.2, -0.15) is 0 Å². The van der Waals surface area contributed by atoms with Gasteiger partial charge in [-0.3, -0.25) is 4.79 Å². The summed E-state index contributed by atoms with van der Waals surface area (Å²) in [6.45, 7) is 4.17. The number of rotatable bonds is 8. The smallest absolute Gasteiger partial charge is 0.222 e. The third kappa shape index (κ3) is 5.88. The molecule has 6 nitrogen and oxygen atoms in total. The Labute approximate surface area is 189 Å². The van der Waals surface area contributed by atoms with E-state index < -0.39 is 0 Å². The van der Waals surface area contributed by atoms with Crippen molar-refractivity contribution in [3.8, 4) is 0 Å². The van der Waals surface area contributed by atoms with Crippen LogP contribution in [0.2, 0.25) is 10.0 Å². The monoisotopic (exact) mass is 454 g/mol. The topological polar surface area (TPSA) is 71.2 Å². The number of piperidine rings is 2. The van der Waals surface area contributed by atoms with Gasteiger partial charge >= 0.3 is 0 Å². The lowest BCUT2D eigenvalue weighted by atomic mass is 9.90. The van der Waals surface area contributed by atoms with Crippen LogP contribution in [-0.2, 0) is 9.63 Å². The van der Waals surface area contributed by atoms with Crippen LogP contribution in [0, 0.1) is 0 Å². The van der Waals surface area contributed by atoms with Crippen molar-refractivity contribution in [3.63, 3.8) is 0 Å².